The van der Waals surface area contributed by atoms with Crippen molar-refractivity contribution in [3.63, 3.8) is 0 Å². The van der Waals surface area contributed by atoms with Gasteiger partial charge in [0.25, 0.3) is 0 Å². The number of halogens is 1. The number of β-amino-alcohol motifs (C(OH)–C–C–N with tert-alkyl or cyclic N) is 1. The number of likely N-dealkylation sites (tertiary alicyclic amines) is 2. The highest BCUT2D eigenvalue weighted by molar-refractivity contribution is 5.91. The first-order valence-corrected chi connectivity index (χ1v) is 10.7. The molecule has 174 valence electrons. The Bertz CT molecular complexity index is 1050. The van der Waals surface area contributed by atoms with Crippen LogP contribution in [-0.2, 0) is 14.3 Å². The Morgan fingerprint density at radius 1 is 1.24 bits per heavy atom. The van der Waals surface area contributed by atoms with Gasteiger partial charge in [0.1, 0.15) is 25.7 Å². The van der Waals surface area contributed by atoms with Gasteiger partial charge in [0.15, 0.2) is 5.82 Å². The molecule has 2 aromatic heterocycles. The molecule has 2 fully saturated rings. The van der Waals surface area contributed by atoms with Crippen molar-refractivity contribution in [2.24, 2.45) is 5.41 Å². The van der Waals surface area contributed by atoms with Crippen molar-refractivity contribution >= 4 is 11.9 Å². The number of esters is 1. The van der Waals surface area contributed by atoms with Gasteiger partial charge < -0.3 is 19.6 Å². The molecule has 0 radical (unpaired) electrons. The molecule has 2 aromatic rings. The lowest BCUT2D eigenvalue weighted by Gasteiger charge is -2.38. The summed E-state index contributed by atoms with van der Waals surface area (Å²) < 4.78 is 20.0. The maximum Gasteiger partial charge on any atom is 0.333 e. The van der Waals surface area contributed by atoms with Crippen LogP contribution in [0.1, 0.15) is 31.1 Å². The average Bonchev–Trinajstić information content (AvgIpc) is 3.56. The number of piperidine rings is 1. The molecular weight excluding hydrogens is 435 g/mol. The molecule has 1 N–H and O–H groups in total. The van der Waals surface area contributed by atoms with E-state index in [1.165, 1.54) is 34.4 Å². The third-order valence-electron chi connectivity index (χ3n) is 6.63. The van der Waals surface area contributed by atoms with Crippen molar-refractivity contribution in [3.8, 4) is 5.82 Å². The molecule has 2 atom stereocenters. The Labute approximate surface area is 188 Å². The summed E-state index contributed by atoms with van der Waals surface area (Å²) in [6.07, 6.45) is 6.30. The van der Waals surface area contributed by atoms with E-state index < -0.39 is 30.2 Å². The quantitative estimate of drug-likeness (QED) is 0.568. The molecule has 1 amide bonds. The fraction of sp³-hybridized carbons (Fsp3) is 0.550. The predicted octanol–water partition coefficient (Wildman–Crippen LogP) is -0.421. The van der Waals surface area contributed by atoms with Crippen LogP contribution in [0.5, 0.6) is 0 Å². The van der Waals surface area contributed by atoms with Crippen molar-refractivity contribution in [3.05, 3.63) is 36.2 Å². The minimum Gasteiger partial charge on any atom is -0.456 e. The monoisotopic (exact) mass is 458 g/mol. The zero-order valence-electron chi connectivity index (χ0n) is 17.7. The van der Waals surface area contributed by atoms with Gasteiger partial charge in [0.05, 0.1) is 35.2 Å². The van der Waals surface area contributed by atoms with E-state index in [0.29, 0.717) is 56.1 Å². The van der Waals surface area contributed by atoms with Crippen LogP contribution in [0.15, 0.2) is 30.5 Å². The molecule has 0 aromatic carbocycles. The summed E-state index contributed by atoms with van der Waals surface area (Å²) in [6, 6.07) is -0.579. The Morgan fingerprint density at radius 3 is 2.67 bits per heavy atom. The Hall–Kier alpha value is -3.32. The minimum absolute atomic E-state index is 0.00270. The zero-order valence-corrected chi connectivity index (χ0v) is 17.7. The summed E-state index contributed by atoms with van der Waals surface area (Å²) in [4.78, 5) is 36.7. The van der Waals surface area contributed by atoms with E-state index in [1.807, 2.05) is 0 Å². The van der Waals surface area contributed by atoms with Crippen LogP contribution in [0.25, 0.3) is 5.82 Å². The van der Waals surface area contributed by atoms with Gasteiger partial charge in [-0.3, -0.25) is 9.78 Å². The Balaban J connectivity index is 1.20. The van der Waals surface area contributed by atoms with Crippen molar-refractivity contribution in [2.75, 3.05) is 32.9 Å². The molecule has 33 heavy (non-hydrogen) atoms. The average molecular weight is 458 g/mol. The molecule has 3 aliphatic heterocycles. The van der Waals surface area contributed by atoms with Crippen molar-refractivity contribution in [2.45, 2.75) is 31.4 Å². The largest absolute Gasteiger partial charge is 0.456 e. The number of carbonyl (C=O) groups is 2. The molecule has 0 bridgehead atoms. The van der Waals surface area contributed by atoms with Crippen molar-refractivity contribution in [1.82, 2.24) is 40.0 Å². The molecule has 12 nitrogen and oxygen atoms in total. The van der Waals surface area contributed by atoms with Gasteiger partial charge in [0.2, 0.25) is 5.91 Å². The Kier molecular flexibility index (Phi) is 5.58. The number of nitrogens with zero attached hydrogens (tertiary/aromatic N) is 8. The third kappa shape index (κ3) is 3.97. The van der Waals surface area contributed by atoms with E-state index >= 15 is 0 Å². The first kappa shape index (κ1) is 21.5. The van der Waals surface area contributed by atoms with Crippen molar-refractivity contribution in [1.29, 1.82) is 0 Å². The van der Waals surface area contributed by atoms with Crippen LogP contribution in [0, 0.1) is 5.41 Å². The number of aliphatic hydroxyl groups excluding tert-OH is 1. The molecule has 1 spiro atoms. The molecule has 2 saturated heterocycles. The smallest absolute Gasteiger partial charge is 0.333 e. The number of carbonyl (C=O) groups excluding carboxylic acids is 2. The van der Waals surface area contributed by atoms with E-state index in [-0.39, 0.29) is 12.5 Å². The van der Waals surface area contributed by atoms with Crippen LogP contribution < -0.4 is 0 Å². The molecular formula is C20H23FN8O4. The lowest BCUT2D eigenvalue weighted by atomic mass is 9.76. The third-order valence-corrected chi connectivity index (χ3v) is 6.63. The first-order chi connectivity index (χ1) is 16.0. The van der Waals surface area contributed by atoms with Gasteiger partial charge in [0, 0.05) is 12.6 Å². The zero-order chi connectivity index (χ0) is 23.0. The number of hydrogen-bond acceptors (Lipinski definition) is 10. The fourth-order valence-electron chi connectivity index (χ4n) is 4.85. The second-order valence-electron chi connectivity index (χ2n) is 8.58. The van der Waals surface area contributed by atoms with Crippen molar-refractivity contribution < 1.29 is 23.8 Å². The van der Waals surface area contributed by atoms with Gasteiger partial charge in [-0.1, -0.05) is 0 Å². The maximum absolute atomic E-state index is 13.7. The van der Waals surface area contributed by atoms with Crippen LogP contribution in [0.4, 0.5) is 4.39 Å². The number of hydrogen-bond donors (Lipinski definition) is 1. The molecule has 5 heterocycles. The van der Waals surface area contributed by atoms with E-state index in [9.17, 15) is 19.1 Å². The highest BCUT2D eigenvalue weighted by Gasteiger charge is 2.54. The van der Waals surface area contributed by atoms with Crippen LogP contribution in [-0.4, -0.2) is 95.9 Å². The lowest BCUT2D eigenvalue weighted by Crippen LogP contribution is -2.45. The molecule has 3 aliphatic rings. The van der Waals surface area contributed by atoms with E-state index in [4.69, 9.17) is 4.74 Å². The van der Waals surface area contributed by atoms with Gasteiger partial charge in [-0.15, -0.1) is 5.10 Å². The summed E-state index contributed by atoms with van der Waals surface area (Å²) in [5, 5.41) is 21.5. The summed E-state index contributed by atoms with van der Waals surface area (Å²) in [5.41, 5.74) is 0.203. The Morgan fingerprint density at radius 2 is 2.06 bits per heavy atom. The predicted molar refractivity (Wildman–Crippen MR) is 108 cm³/mol. The topological polar surface area (TPSA) is 139 Å². The van der Waals surface area contributed by atoms with E-state index in [0.717, 1.165) is 0 Å². The number of aliphatic hydroxyl groups is 1. The summed E-state index contributed by atoms with van der Waals surface area (Å²) >= 11 is 0. The summed E-state index contributed by atoms with van der Waals surface area (Å²) in [6.45, 7) is 0.844. The maximum atomic E-state index is 13.7. The highest BCUT2D eigenvalue weighted by Crippen LogP contribution is 2.46. The van der Waals surface area contributed by atoms with Gasteiger partial charge >= 0.3 is 5.97 Å². The SMILES string of the molecule is O=C1C=C(N2C(=O)C3(CCN(CC(O)c4cnc(-n5cnnn5)cn4)CC3)CC2CF)CO1. The van der Waals surface area contributed by atoms with E-state index in [2.05, 4.69) is 30.4 Å². The number of cyclic esters (lactones) is 1. The number of alkyl halides is 1. The molecule has 2 unspecified atom stereocenters. The number of tetrazole rings is 1. The molecule has 0 aliphatic carbocycles. The number of rotatable bonds is 6. The van der Waals surface area contributed by atoms with Crippen LogP contribution >= 0.6 is 0 Å². The highest BCUT2D eigenvalue weighted by atomic mass is 19.1. The van der Waals surface area contributed by atoms with Gasteiger partial charge in [-0.25, -0.2) is 14.2 Å². The second kappa shape index (κ2) is 8.56. The van der Waals surface area contributed by atoms with Crippen LogP contribution in [0.2, 0.25) is 0 Å². The summed E-state index contributed by atoms with van der Waals surface area (Å²) in [5.74, 6) is -0.208. The number of aromatic nitrogens is 6. The van der Waals surface area contributed by atoms with Crippen LogP contribution in [0.3, 0.4) is 0 Å². The lowest BCUT2D eigenvalue weighted by molar-refractivity contribution is -0.139. The van der Waals surface area contributed by atoms with E-state index in [1.54, 1.807) is 0 Å². The fourth-order valence-corrected chi connectivity index (χ4v) is 4.85. The van der Waals surface area contributed by atoms with Gasteiger partial charge in [-0.2, -0.15) is 4.68 Å². The first-order valence-electron chi connectivity index (χ1n) is 10.7. The normalized spacial score (nSPS) is 23.8. The molecule has 0 saturated carbocycles. The second-order valence-corrected chi connectivity index (χ2v) is 8.58. The number of amides is 1. The summed E-state index contributed by atoms with van der Waals surface area (Å²) in [7, 11) is 0. The number of ether oxygens (including phenoxy) is 1. The molecule has 13 heteroatoms. The molecule has 5 rings (SSSR count). The minimum atomic E-state index is -0.851. The standard InChI is InChI=1S/C20H23FN8O4/c21-7-14-6-20(19(32)29(14)13-5-18(31)33-11-13)1-3-27(4-2-20)10-16(30)15-8-23-17(9-22-15)28-12-24-25-26-28/h5,8-9,12,14,16,30H,1-4,6-7,10-11H2. The van der Waals surface area contributed by atoms with Gasteiger partial charge in [-0.05, 0) is 42.8 Å².